The highest BCUT2D eigenvalue weighted by molar-refractivity contribution is 5.93. The molecule has 0 unspecified atom stereocenters. The summed E-state index contributed by atoms with van der Waals surface area (Å²) in [6, 6.07) is 6.05. The lowest BCUT2D eigenvalue weighted by Crippen LogP contribution is -2.03. The molecule has 2 aromatic rings. The van der Waals surface area contributed by atoms with E-state index >= 15 is 0 Å². The van der Waals surface area contributed by atoms with E-state index in [1.165, 1.54) is 6.07 Å². The van der Waals surface area contributed by atoms with E-state index in [-0.39, 0.29) is 11.4 Å². The molecule has 0 saturated heterocycles. The number of hydrogen-bond donors (Lipinski definition) is 2. The Morgan fingerprint density at radius 3 is 2.48 bits per heavy atom. The predicted molar refractivity (Wildman–Crippen MR) is 69.7 cm³/mol. The summed E-state index contributed by atoms with van der Waals surface area (Å²) >= 11 is 0. The van der Waals surface area contributed by atoms with Crippen LogP contribution in [0.1, 0.15) is 10.4 Å². The zero-order valence-electron chi connectivity index (χ0n) is 10.3. The fourth-order valence-electron chi connectivity index (χ4n) is 1.69. The molecule has 0 saturated carbocycles. The molecule has 21 heavy (non-hydrogen) atoms. The Morgan fingerprint density at radius 1 is 1.19 bits per heavy atom. The maximum atomic E-state index is 13.5. The number of aromatic carboxylic acids is 1. The van der Waals surface area contributed by atoms with Crippen molar-refractivity contribution < 1.29 is 23.6 Å². The molecule has 0 heterocycles. The largest absolute Gasteiger partial charge is 0.477 e. The molecule has 0 aliphatic carbocycles. The van der Waals surface area contributed by atoms with Crippen LogP contribution in [-0.4, -0.2) is 16.0 Å². The molecule has 6 nitrogen and oxygen atoms in total. The van der Waals surface area contributed by atoms with E-state index in [1.807, 2.05) is 0 Å². The zero-order chi connectivity index (χ0) is 15.6. The number of carboxylic acid groups (broad SMARTS) is 1. The van der Waals surface area contributed by atoms with Crippen LogP contribution in [0.4, 0.5) is 25.8 Å². The van der Waals surface area contributed by atoms with E-state index in [1.54, 1.807) is 0 Å². The van der Waals surface area contributed by atoms with Gasteiger partial charge in [0, 0.05) is 17.8 Å². The normalized spacial score (nSPS) is 10.2. The van der Waals surface area contributed by atoms with E-state index in [9.17, 15) is 23.7 Å². The predicted octanol–water partition coefficient (Wildman–Crippen LogP) is 3.31. The van der Waals surface area contributed by atoms with Crippen molar-refractivity contribution >= 4 is 23.0 Å². The van der Waals surface area contributed by atoms with Crippen LogP contribution in [0.5, 0.6) is 0 Å². The topological polar surface area (TPSA) is 92.5 Å². The van der Waals surface area contributed by atoms with Crippen molar-refractivity contribution in [2.24, 2.45) is 0 Å². The molecular weight excluding hydrogens is 286 g/mol. The Hall–Kier alpha value is -3.03. The molecule has 2 N–H and O–H groups in total. The number of rotatable bonds is 4. The highest BCUT2D eigenvalue weighted by Gasteiger charge is 2.20. The first-order valence-corrected chi connectivity index (χ1v) is 5.62. The molecule has 0 amide bonds. The van der Waals surface area contributed by atoms with Gasteiger partial charge in [0.05, 0.1) is 10.6 Å². The summed E-state index contributed by atoms with van der Waals surface area (Å²) in [7, 11) is 0. The van der Waals surface area contributed by atoms with Gasteiger partial charge in [0.25, 0.3) is 5.69 Å². The minimum atomic E-state index is -1.44. The van der Waals surface area contributed by atoms with Crippen LogP contribution in [0.25, 0.3) is 0 Å². The van der Waals surface area contributed by atoms with Crippen molar-refractivity contribution in [3.05, 3.63) is 63.7 Å². The van der Waals surface area contributed by atoms with E-state index in [4.69, 9.17) is 5.11 Å². The summed E-state index contributed by atoms with van der Waals surface area (Å²) in [5, 5.41) is 22.2. The number of anilines is 2. The van der Waals surface area contributed by atoms with Gasteiger partial charge in [-0.25, -0.2) is 13.6 Å². The maximum absolute atomic E-state index is 13.5. The lowest BCUT2D eigenvalue weighted by atomic mass is 10.1. The van der Waals surface area contributed by atoms with Gasteiger partial charge < -0.3 is 10.4 Å². The third-order valence-corrected chi connectivity index (χ3v) is 2.63. The average Bonchev–Trinajstić information content (AvgIpc) is 2.41. The number of nitrogens with one attached hydrogen (secondary N) is 1. The van der Waals surface area contributed by atoms with Crippen LogP contribution in [-0.2, 0) is 0 Å². The molecule has 0 fully saturated rings. The van der Waals surface area contributed by atoms with Crippen molar-refractivity contribution in [2.45, 2.75) is 0 Å². The third-order valence-electron chi connectivity index (χ3n) is 2.63. The number of benzene rings is 2. The molecule has 0 spiro atoms. The van der Waals surface area contributed by atoms with E-state index in [0.717, 1.165) is 24.3 Å². The van der Waals surface area contributed by atoms with Gasteiger partial charge in [-0.15, -0.1) is 0 Å². The summed E-state index contributed by atoms with van der Waals surface area (Å²) in [6.07, 6.45) is 0. The number of nitrogens with zero attached hydrogens (tertiary/aromatic N) is 1. The molecule has 0 atom stereocenters. The number of halogens is 2. The first-order valence-electron chi connectivity index (χ1n) is 5.62. The molecule has 2 rings (SSSR count). The van der Waals surface area contributed by atoms with Gasteiger partial charge in [0.1, 0.15) is 17.2 Å². The van der Waals surface area contributed by atoms with Gasteiger partial charge in [-0.05, 0) is 24.3 Å². The smallest absolute Gasteiger partial charge is 0.342 e. The van der Waals surface area contributed by atoms with E-state index in [2.05, 4.69) is 5.32 Å². The minimum Gasteiger partial charge on any atom is -0.477 e. The van der Waals surface area contributed by atoms with Gasteiger partial charge in [-0.2, -0.15) is 0 Å². The lowest BCUT2D eigenvalue weighted by Gasteiger charge is -2.08. The van der Waals surface area contributed by atoms with E-state index in [0.29, 0.717) is 6.07 Å². The molecule has 8 heteroatoms. The summed E-state index contributed by atoms with van der Waals surface area (Å²) in [6.45, 7) is 0. The first kappa shape index (κ1) is 14.4. The molecule has 0 radical (unpaired) electrons. The number of nitro benzene ring substituents is 1. The van der Waals surface area contributed by atoms with Gasteiger partial charge in [0.15, 0.2) is 0 Å². The fraction of sp³-hybridized carbons (Fsp3) is 0. The zero-order valence-corrected chi connectivity index (χ0v) is 10.3. The van der Waals surface area contributed by atoms with Gasteiger partial charge >= 0.3 is 5.97 Å². The Balaban J connectivity index is 2.39. The fourth-order valence-corrected chi connectivity index (χ4v) is 1.69. The van der Waals surface area contributed by atoms with Crippen LogP contribution in [0.15, 0.2) is 36.4 Å². The standard InChI is InChI=1S/C13H8F2N2O4/c14-7-1-4-11(10(15)5-7)16-8-2-3-9(13(18)19)12(6-8)17(20)21/h1-6,16H,(H,18,19). The van der Waals surface area contributed by atoms with Crippen LogP contribution in [0, 0.1) is 21.7 Å². The maximum Gasteiger partial charge on any atom is 0.342 e. The molecule has 108 valence electrons. The lowest BCUT2D eigenvalue weighted by molar-refractivity contribution is -0.385. The van der Waals surface area contributed by atoms with Crippen LogP contribution in [0.2, 0.25) is 0 Å². The van der Waals surface area contributed by atoms with Crippen LogP contribution in [0.3, 0.4) is 0 Å². The average molecular weight is 294 g/mol. The Bertz CT molecular complexity index is 734. The summed E-state index contributed by atoms with van der Waals surface area (Å²) in [5.74, 6) is -3.08. The highest BCUT2D eigenvalue weighted by Crippen LogP contribution is 2.27. The molecule has 2 aromatic carbocycles. The van der Waals surface area contributed by atoms with Crippen molar-refractivity contribution in [2.75, 3.05) is 5.32 Å². The van der Waals surface area contributed by atoms with Gasteiger partial charge in [-0.1, -0.05) is 0 Å². The van der Waals surface area contributed by atoms with E-state index < -0.39 is 33.8 Å². The number of hydrogen-bond acceptors (Lipinski definition) is 4. The Labute approximate surface area is 116 Å². The van der Waals surface area contributed by atoms with Crippen molar-refractivity contribution in [3.8, 4) is 0 Å². The second-order valence-corrected chi connectivity index (χ2v) is 4.04. The summed E-state index contributed by atoms with van der Waals surface area (Å²) in [4.78, 5) is 20.8. The molecule has 0 aromatic heterocycles. The molecule has 0 aliphatic heterocycles. The molecular formula is C13H8F2N2O4. The van der Waals surface area contributed by atoms with Gasteiger partial charge in [-0.3, -0.25) is 10.1 Å². The quantitative estimate of drug-likeness (QED) is 0.666. The third kappa shape index (κ3) is 3.11. The first-order chi connectivity index (χ1) is 9.88. The minimum absolute atomic E-state index is 0.0891. The van der Waals surface area contributed by atoms with Crippen molar-refractivity contribution in [3.63, 3.8) is 0 Å². The summed E-state index contributed by atoms with van der Waals surface area (Å²) in [5.41, 5.74) is -1.09. The summed E-state index contributed by atoms with van der Waals surface area (Å²) < 4.78 is 26.2. The Kier molecular flexibility index (Phi) is 3.79. The SMILES string of the molecule is O=C(O)c1ccc(Nc2ccc(F)cc2F)cc1[N+](=O)[O-]. The number of nitro groups is 1. The number of carbonyl (C=O) groups is 1. The molecule has 0 aliphatic rings. The second-order valence-electron chi connectivity index (χ2n) is 4.04. The van der Waals surface area contributed by atoms with Crippen LogP contribution >= 0.6 is 0 Å². The monoisotopic (exact) mass is 294 g/mol. The number of carboxylic acids is 1. The highest BCUT2D eigenvalue weighted by atomic mass is 19.1. The van der Waals surface area contributed by atoms with Crippen LogP contribution < -0.4 is 5.32 Å². The van der Waals surface area contributed by atoms with Crippen molar-refractivity contribution in [1.29, 1.82) is 0 Å². The Morgan fingerprint density at radius 2 is 1.90 bits per heavy atom. The second kappa shape index (κ2) is 5.53. The molecule has 0 bridgehead atoms. The van der Waals surface area contributed by atoms with Gasteiger partial charge in [0.2, 0.25) is 0 Å². The van der Waals surface area contributed by atoms with Crippen molar-refractivity contribution in [1.82, 2.24) is 0 Å².